The second-order valence-electron chi connectivity index (χ2n) is 1.64. The molecule has 0 aliphatic carbocycles. The summed E-state index contributed by atoms with van der Waals surface area (Å²) in [5.74, 6) is -3.84. The molecule has 6 nitrogen and oxygen atoms in total. The molecule has 0 amide bonds. The van der Waals surface area contributed by atoms with Gasteiger partial charge in [-0.3, -0.25) is 0 Å². The molecule has 2 N–H and O–H groups in total. The zero-order valence-corrected chi connectivity index (χ0v) is 5.14. The van der Waals surface area contributed by atoms with E-state index in [1.54, 1.807) is 0 Å². The minimum atomic E-state index is -1.39. The highest BCUT2D eigenvalue weighted by Gasteiger charge is 2.14. The lowest BCUT2D eigenvalue weighted by Gasteiger charge is -1.82. The van der Waals surface area contributed by atoms with Crippen LogP contribution in [0.2, 0.25) is 0 Å². The highest BCUT2D eigenvalue weighted by Crippen LogP contribution is 2.02. The topological polar surface area (TPSA) is 101 Å². The van der Waals surface area contributed by atoms with Crippen molar-refractivity contribution in [1.82, 2.24) is 4.98 Å². The number of hydrogen-bond donors (Lipinski definition) is 2. The average Bonchev–Trinajstić information content (AvgIpc) is 2.33. The second-order valence-corrected chi connectivity index (χ2v) is 1.64. The molecule has 1 heterocycles. The maximum Gasteiger partial charge on any atom is 0.392 e. The fourth-order valence-electron chi connectivity index (χ4n) is 0.472. The first-order valence-electron chi connectivity index (χ1n) is 2.53. The molecule has 1 aromatic heterocycles. The highest BCUT2D eigenvalue weighted by atomic mass is 16.4. The predicted octanol–water partition coefficient (Wildman–Crippen LogP) is 0.0710. The zero-order chi connectivity index (χ0) is 8.43. The van der Waals surface area contributed by atoms with Gasteiger partial charge in [0.25, 0.3) is 0 Å². The van der Waals surface area contributed by atoms with Crippen LogP contribution in [0.15, 0.2) is 10.6 Å². The third kappa shape index (κ3) is 1.34. The van der Waals surface area contributed by atoms with E-state index in [4.69, 9.17) is 10.2 Å². The Kier molecular flexibility index (Phi) is 1.59. The van der Waals surface area contributed by atoms with Gasteiger partial charge in [-0.2, -0.15) is 0 Å². The molecule has 6 heteroatoms. The molecule has 1 aromatic rings. The summed E-state index contributed by atoms with van der Waals surface area (Å²) in [5, 5.41) is 16.5. The van der Waals surface area contributed by atoms with Gasteiger partial charge in [-0.25, -0.2) is 14.6 Å². The fraction of sp³-hybridized carbons (Fsp3) is 0. The lowest BCUT2D eigenvalue weighted by Crippen LogP contribution is -1.96. The molecule has 0 fully saturated rings. The van der Waals surface area contributed by atoms with Crippen molar-refractivity contribution in [1.29, 1.82) is 0 Å². The highest BCUT2D eigenvalue weighted by molar-refractivity contribution is 5.87. The van der Waals surface area contributed by atoms with Gasteiger partial charge >= 0.3 is 17.8 Å². The summed E-state index contributed by atoms with van der Waals surface area (Å²) in [5.41, 5.74) is 0. The average molecular weight is 157 g/mol. The van der Waals surface area contributed by atoms with Crippen LogP contribution in [0.5, 0.6) is 0 Å². The molecule has 0 aromatic carbocycles. The first-order valence-corrected chi connectivity index (χ1v) is 2.53. The summed E-state index contributed by atoms with van der Waals surface area (Å²) in [6, 6.07) is 0. The van der Waals surface area contributed by atoms with Crippen LogP contribution in [0.1, 0.15) is 21.2 Å². The largest absolute Gasteiger partial charge is 0.475 e. The molecule has 1 rings (SSSR count). The van der Waals surface area contributed by atoms with Crippen molar-refractivity contribution in [2.45, 2.75) is 0 Å². The molecule has 0 aliphatic heterocycles. The van der Waals surface area contributed by atoms with Crippen LogP contribution >= 0.6 is 0 Å². The van der Waals surface area contributed by atoms with E-state index in [-0.39, 0.29) is 0 Å². The Morgan fingerprint density at radius 3 is 2.27 bits per heavy atom. The molecule has 0 atom stereocenters. The minimum Gasteiger partial charge on any atom is -0.475 e. The summed E-state index contributed by atoms with van der Waals surface area (Å²) in [6.07, 6.45) is 0.839. The third-order valence-electron chi connectivity index (χ3n) is 0.899. The number of aromatic carboxylic acids is 2. The van der Waals surface area contributed by atoms with Gasteiger partial charge in [-0.05, 0) is 0 Å². The molecule has 0 unspecified atom stereocenters. The van der Waals surface area contributed by atoms with Crippen LogP contribution in [-0.2, 0) is 0 Å². The molecule has 0 saturated heterocycles. The number of carboxylic acid groups (broad SMARTS) is 2. The zero-order valence-electron chi connectivity index (χ0n) is 5.14. The van der Waals surface area contributed by atoms with Gasteiger partial charge < -0.3 is 14.6 Å². The summed E-state index contributed by atoms with van der Waals surface area (Å²) < 4.78 is 4.30. The molecule has 11 heavy (non-hydrogen) atoms. The Bertz CT molecular complexity index is 273. The Morgan fingerprint density at radius 2 is 2.00 bits per heavy atom. The fourth-order valence-corrected chi connectivity index (χ4v) is 0.472. The minimum absolute atomic E-state index is 0.484. The Labute approximate surface area is 60.1 Å². The normalized spacial score (nSPS) is 9.45. The van der Waals surface area contributed by atoms with Crippen molar-refractivity contribution in [3.05, 3.63) is 17.8 Å². The van der Waals surface area contributed by atoms with Crippen LogP contribution in [0.25, 0.3) is 0 Å². The molecule has 58 valence electrons. The second kappa shape index (κ2) is 2.41. The monoisotopic (exact) mass is 157 g/mol. The van der Waals surface area contributed by atoms with Crippen molar-refractivity contribution in [2.24, 2.45) is 0 Å². The summed E-state index contributed by atoms with van der Waals surface area (Å²) in [7, 11) is 0. The number of aromatic nitrogens is 1. The van der Waals surface area contributed by atoms with E-state index in [1.165, 1.54) is 0 Å². The first-order chi connectivity index (χ1) is 5.11. The van der Waals surface area contributed by atoms with E-state index in [2.05, 4.69) is 9.40 Å². The maximum absolute atomic E-state index is 10.1. The van der Waals surface area contributed by atoms with Gasteiger partial charge in [0.15, 0.2) is 0 Å². The molecule has 0 saturated carbocycles. The summed E-state index contributed by atoms with van der Waals surface area (Å²) in [4.78, 5) is 23.4. The Hall–Kier alpha value is -1.85. The van der Waals surface area contributed by atoms with E-state index in [9.17, 15) is 9.59 Å². The molecule has 0 bridgehead atoms. The van der Waals surface area contributed by atoms with E-state index >= 15 is 0 Å². The summed E-state index contributed by atoms with van der Waals surface area (Å²) in [6.45, 7) is 0. The van der Waals surface area contributed by atoms with Gasteiger partial charge in [0.2, 0.25) is 5.76 Å². The van der Waals surface area contributed by atoms with Crippen molar-refractivity contribution < 1.29 is 24.2 Å². The predicted molar refractivity (Wildman–Crippen MR) is 30.4 cm³/mol. The molecular weight excluding hydrogens is 154 g/mol. The van der Waals surface area contributed by atoms with Crippen LogP contribution in [0.3, 0.4) is 0 Å². The van der Waals surface area contributed by atoms with Gasteiger partial charge in [-0.1, -0.05) is 0 Å². The van der Waals surface area contributed by atoms with Crippen molar-refractivity contribution >= 4 is 11.9 Å². The lowest BCUT2D eigenvalue weighted by atomic mass is 10.5. The number of rotatable bonds is 2. The Balaban J connectivity index is 2.99. The first kappa shape index (κ1) is 7.26. The molecule has 0 spiro atoms. The smallest absolute Gasteiger partial charge is 0.392 e. The van der Waals surface area contributed by atoms with Gasteiger partial charge in [0.05, 0.1) is 6.20 Å². The quantitative estimate of drug-likeness (QED) is 0.629. The SMILES string of the molecule is O=C(O)c1cnc(C(=O)O)o1. The number of hydrogen-bond acceptors (Lipinski definition) is 4. The number of carboxylic acids is 2. The van der Waals surface area contributed by atoms with Gasteiger partial charge in [0.1, 0.15) is 0 Å². The van der Waals surface area contributed by atoms with Crippen LogP contribution < -0.4 is 0 Å². The van der Waals surface area contributed by atoms with Crippen LogP contribution in [0, 0.1) is 0 Å². The van der Waals surface area contributed by atoms with Crippen molar-refractivity contribution in [2.75, 3.05) is 0 Å². The molecule has 0 radical (unpaired) electrons. The Morgan fingerprint density at radius 1 is 1.36 bits per heavy atom. The van der Waals surface area contributed by atoms with Crippen molar-refractivity contribution in [3.63, 3.8) is 0 Å². The molecular formula is C5H3NO5. The number of carbonyl (C=O) groups is 2. The maximum atomic E-state index is 10.1. The number of oxazole rings is 1. The van der Waals surface area contributed by atoms with E-state index in [1.807, 2.05) is 0 Å². The third-order valence-corrected chi connectivity index (χ3v) is 0.899. The van der Waals surface area contributed by atoms with Gasteiger partial charge in [-0.15, -0.1) is 0 Å². The van der Waals surface area contributed by atoms with E-state index < -0.39 is 23.6 Å². The molecule has 0 aliphatic rings. The standard InChI is InChI=1S/C5H3NO5/c7-4(8)2-1-6-3(11-2)5(9)10/h1H,(H,7,8)(H,9,10). The van der Waals surface area contributed by atoms with Gasteiger partial charge in [0, 0.05) is 0 Å². The van der Waals surface area contributed by atoms with Crippen molar-refractivity contribution in [3.8, 4) is 0 Å². The lowest BCUT2D eigenvalue weighted by molar-refractivity contribution is 0.0627. The van der Waals surface area contributed by atoms with Crippen LogP contribution in [0.4, 0.5) is 0 Å². The number of nitrogens with zero attached hydrogens (tertiary/aromatic N) is 1. The van der Waals surface area contributed by atoms with E-state index in [0.29, 0.717) is 0 Å². The van der Waals surface area contributed by atoms with Crippen LogP contribution in [-0.4, -0.2) is 27.1 Å². The van der Waals surface area contributed by atoms with E-state index in [0.717, 1.165) is 6.20 Å². The summed E-state index contributed by atoms with van der Waals surface area (Å²) >= 11 is 0.